The lowest BCUT2D eigenvalue weighted by atomic mass is 9.79. The smallest absolute Gasteiger partial charge is 0.492 e. The highest BCUT2D eigenvalue weighted by Gasteiger charge is 2.19. The molecule has 0 amide bonds. The Balaban J connectivity index is 3.09. The topological polar surface area (TPSA) is 49.7 Å². The summed E-state index contributed by atoms with van der Waals surface area (Å²) in [6, 6.07) is 3.59. The minimum atomic E-state index is -1.51. The van der Waals surface area contributed by atoms with Crippen LogP contribution >= 0.6 is 15.9 Å². The Bertz CT molecular complexity index is 342. The first-order chi connectivity index (χ1) is 7.06. The maximum absolute atomic E-state index is 9.21. The first-order valence-corrected chi connectivity index (χ1v) is 5.64. The van der Waals surface area contributed by atoms with Crippen LogP contribution in [-0.4, -0.2) is 23.8 Å². The molecule has 0 saturated heterocycles. The van der Waals surface area contributed by atoms with Crippen molar-refractivity contribution in [2.75, 3.05) is 6.61 Å². The van der Waals surface area contributed by atoms with Gasteiger partial charge in [0, 0.05) is 5.46 Å². The van der Waals surface area contributed by atoms with Crippen LogP contribution in [0.2, 0.25) is 0 Å². The Morgan fingerprint density at radius 3 is 2.60 bits per heavy atom. The van der Waals surface area contributed by atoms with E-state index in [1.54, 1.807) is 6.07 Å². The van der Waals surface area contributed by atoms with E-state index in [1.165, 1.54) is 0 Å². The van der Waals surface area contributed by atoms with Gasteiger partial charge in [-0.2, -0.15) is 0 Å². The van der Waals surface area contributed by atoms with Crippen molar-refractivity contribution in [2.24, 2.45) is 0 Å². The largest absolute Gasteiger partial charge is 0.493 e. The zero-order valence-corrected chi connectivity index (χ0v) is 10.4. The fraction of sp³-hybridized carbons (Fsp3) is 0.400. The molecule has 0 heterocycles. The third-order valence-electron chi connectivity index (χ3n) is 1.95. The van der Waals surface area contributed by atoms with E-state index in [-0.39, 0.29) is 0 Å². The van der Waals surface area contributed by atoms with Crippen molar-refractivity contribution in [1.82, 2.24) is 0 Å². The zero-order chi connectivity index (χ0) is 11.4. The van der Waals surface area contributed by atoms with Crippen LogP contribution in [0.5, 0.6) is 5.75 Å². The summed E-state index contributed by atoms with van der Waals surface area (Å²) < 4.78 is 6.22. The first-order valence-electron chi connectivity index (χ1n) is 4.85. The maximum atomic E-state index is 9.21. The van der Waals surface area contributed by atoms with E-state index in [0.29, 0.717) is 17.8 Å². The number of benzene rings is 1. The van der Waals surface area contributed by atoms with Crippen molar-refractivity contribution in [3.63, 3.8) is 0 Å². The van der Waals surface area contributed by atoms with Crippen LogP contribution < -0.4 is 10.2 Å². The highest BCUT2D eigenvalue weighted by Crippen LogP contribution is 2.24. The Morgan fingerprint density at radius 1 is 1.40 bits per heavy atom. The molecule has 0 fully saturated rings. The lowest BCUT2D eigenvalue weighted by Gasteiger charge is -2.13. The highest BCUT2D eigenvalue weighted by molar-refractivity contribution is 9.10. The number of rotatable bonds is 4. The summed E-state index contributed by atoms with van der Waals surface area (Å²) in [5, 5.41) is 18.4. The van der Waals surface area contributed by atoms with Gasteiger partial charge in [-0.3, -0.25) is 0 Å². The molecule has 0 aliphatic heterocycles. The lowest BCUT2D eigenvalue weighted by molar-refractivity contribution is 0.316. The van der Waals surface area contributed by atoms with Gasteiger partial charge in [-0.25, -0.2) is 0 Å². The van der Waals surface area contributed by atoms with E-state index >= 15 is 0 Å². The predicted octanol–water partition coefficient (Wildman–Crippen LogP) is 1.23. The Labute approximate surface area is 98.4 Å². The normalized spacial score (nSPS) is 10.2. The van der Waals surface area contributed by atoms with Crippen molar-refractivity contribution >= 4 is 28.5 Å². The minimum Gasteiger partial charge on any atom is -0.493 e. The van der Waals surface area contributed by atoms with Gasteiger partial charge >= 0.3 is 7.12 Å². The van der Waals surface area contributed by atoms with E-state index in [2.05, 4.69) is 15.9 Å². The third kappa shape index (κ3) is 3.22. The number of hydrogen-bond donors (Lipinski definition) is 2. The van der Waals surface area contributed by atoms with Gasteiger partial charge in [0.05, 0.1) is 11.1 Å². The van der Waals surface area contributed by atoms with Gasteiger partial charge in [0.15, 0.2) is 0 Å². The van der Waals surface area contributed by atoms with Gasteiger partial charge < -0.3 is 14.8 Å². The molecular weight excluding hydrogens is 259 g/mol. The Hall–Kier alpha value is -0.515. The number of aryl methyl sites for hydroxylation is 1. The summed E-state index contributed by atoms with van der Waals surface area (Å²) >= 11 is 3.35. The molecule has 0 aliphatic rings. The first kappa shape index (κ1) is 12.6. The van der Waals surface area contributed by atoms with Gasteiger partial charge in [0.2, 0.25) is 0 Å². The molecule has 5 heteroatoms. The maximum Gasteiger partial charge on any atom is 0.492 e. The fourth-order valence-electron chi connectivity index (χ4n) is 1.30. The molecule has 1 aromatic rings. The number of hydrogen-bond acceptors (Lipinski definition) is 3. The number of halogens is 1. The summed E-state index contributed by atoms with van der Waals surface area (Å²) in [6.45, 7) is 4.44. The minimum absolute atomic E-state index is 0.398. The van der Waals surface area contributed by atoms with E-state index in [1.807, 2.05) is 19.9 Å². The Kier molecular flexibility index (Phi) is 4.63. The second-order valence-electron chi connectivity index (χ2n) is 3.39. The van der Waals surface area contributed by atoms with Crippen LogP contribution in [0, 0.1) is 6.92 Å². The van der Waals surface area contributed by atoms with Crippen LogP contribution in [0.1, 0.15) is 18.9 Å². The van der Waals surface area contributed by atoms with Gasteiger partial charge in [-0.15, -0.1) is 0 Å². The molecule has 0 aliphatic carbocycles. The second kappa shape index (κ2) is 5.54. The SMILES string of the molecule is CCCOc1c(Br)cc(C)cc1B(O)O. The van der Waals surface area contributed by atoms with Crippen LogP contribution in [0.4, 0.5) is 0 Å². The van der Waals surface area contributed by atoms with E-state index in [9.17, 15) is 10.0 Å². The van der Waals surface area contributed by atoms with Crippen LogP contribution in [0.25, 0.3) is 0 Å². The van der Waals surface area contributed by atoms with E-state index < -0.39 is 7.12 Å². The second-order valence-corrected chi connectivity index (χ2v) is 4.24. The molecule has 1 rings (SSSR count). The molecule has 0 unspecified atom stereocenters. The molecule has 0 aromatic heterocycles. The zero-order valence-electron chi connectivity index (χ0n) is 8.83. The molecule has 2 N–H and O–H groups in total. The molecule has 3 nitrogen and oxygen atoms in total. The lowest BCUT2D eigenvalue weighted by Crippen LogP contribution is -2.32. The molecule has 15 heavy (non-hydrogen) atoms. The average molecular weight is 273 g/mol. The van der Waals surface area contributed by atoms with Gasteiger partial charge in [-0.1, -0.05) is 18.6 Å². The van der Waals surface area contributed by atoms with Crippen LogP contribution in [-0.2, 0) is 0 Å². The van der Waals surface area contributed by atoms with Crippen molar-refractivity contribution in [1.29, 1.82) is 0 Å². The molecule has 1 aromatic carbocycles. The third-order valence-corrected chi connectivity index (χ3v) is 2.53. The van der Waals surface area contributed by atoms with Crippen molar-refractivity contribution < 1.29 is 14.8 Å². The number of ether oxygens (including phenoxy) is 1. The molecule has 0 atom stereocenters. The van der Waals surface area contributed by atoms with Gasteiger partial charge in [-0.05, 0) is 35.3 Å². The summed E-state index contributed by atoms with van der Waals surface area (Å²) in [7, 11) is -1.51. The molecule has 82 valence electrons. The van der Waals surface area contributed by atoms with Crippen molar-refractivity contribution in [3.05, 3.63) is 22.2 Å². The van der Waals surface area contributed by atoms with Crippen molar-refractivity contribution in [3.8, 4) is 5.75 Å². The molecule has 0 saturated carbocycles. The molecular formula is C10H14BBrO3. The van der Waals surface area contributed by atoms with E-state index in [0.717, 1.165) is 16.5 Å². The molecule has 0 bridgehead atoms. The molecule has 0 radical (unpaired) electrons. The van der Waals surface area contributed by atoms with Crippen LogP contribution in [0.3, 0.4) is 0 Å². The predicted molar refractivity (Wildman–Crippen MR) is 64.5 cm³/mol. The van der Waals surface area contributed by atoms with Gasteiger partial charge in [0.1, 0.15) is 5.75 Å². The average Bonchev–Trinajstić information content (AvgIpc) is 2.15. The van der Waals surface area contributed by atoms with Crippen molar-refractivity contribution in [2.45, 2.75) is 20.3 Å². The quantitative estimate of drug-likeness (QED) is 0.811. The highest BCUT2D eigenvalue weighted by atomic mass is 79.9. The Morgan fingerprint density at radius 2 is 2.07 bits per heavy atom. The summed E-state index contributed by atoms with van der Waals surface area (Å²) in [6.07, 6.45) is 0.876. The summed E-state index contributed by atoms with van der Waals surface area (Å²) in [5.41, 5.74) is 1.35. The summed E-state index contributed by atoms with van der Waals surface area (Å²) in [5.74, 6) is 0.512. The standard InChI is InChI=1S/C10H14BBrO3/c1-3-4-15-10-8(11(13)14)5-7(2)6-9(10)12/h5-6,13-14H,3-4H2,1-2H3. The molecule has 0 spiro atoms. The monoisotopic (exact) mass is 272 g/mol. The van der Waals surface area contributed by atoms with Crippen LogP contribution in [0.15, 0.2) is 16.6 Å². The summed E-state index contributed by atoms with van der Waals surface area (Å²) in [4.78, 5) is 0. The fourth-order valence-corrected chi connectivity index (χ4v) is 2.01. The van der Waals surface area contributed by atoms with Gasteiger partial charge in [0.25, 0.3) is 0 Å². The van der Waals surface area contributed by atoms with E-state index in [4.69, 9.17) is 4.74 Å².